The topological polar surface area (TPSA) is 216 Å². The third-order valence-electron chi connectivity index (χ3n) is 12.3. The second-order valence-electron chi connectivity index (χ2n) is 17.5. The van der Waals surface area contributed by atoms with Gasteiger partial charge >= 0.3 is 11.9 Å². The fourth-order valence-corrected chi connectivity index (χ4v) is 8.30. The monoisotopic (exact) mass is 980 g/mol. The molecule has 71 heavy (non-hydrogen) atoms. The van der Waals surface area contributed by atoms with Crippen molar-refractivity contribution in [1.29, 1.82) is 0 Å². The summed E-state index contributed by atoms with van der Waals surface area (Å²) in [5.74, 6) is -2.50. The Kier molecular flexibility index (Phi) is 19.5. The molecule has 6 rings (SSSR count). The Morgan fingerprint density at radius 1 is 0.493 bits per heavy atom. The zero-order valence-electron chi connectivity index (χ0n) is 41.0. The molecule has 2 heterocycles. The molecule has 2 aliphatic heterocycles. The van der Waals surface area contributed by atoms with E-state index in [0.717, 1.165) is 60.1 Å². The van der Waals surface area contributed by atoms with E-state index in [4.69, 9.17) is 28.4 Å². The molecule has 18 nitrogen and oxygen atoms in total. The van der Waals surface area contributed by atoms with Gasteiger partial charge in [0.15, 0.2) is 23.0 Å². The Labute approximate surface area is 413 Å². The zero-order chi connectivity index (χ0) is 50.9. The standard InChI is InChI=1S/C53H64N4O14/c1-5-9-22-66-46-30-40(50(58)54-34-38-20-15-13-18-36(38)28-44(54)52(60)70-24-11-7-3)42(56(62)63)32-48(46)68-26-17-27-69-49-33-43(57(64)65)41(31-47(49)67-23-10-6-2)51(59)55-35-39-21-16-14-19-37(39)29-45(55)53(61)71-25-12-8-4/h13-16,18-21,30-33,44-45H,5-12,17,22-29,34-35H2,1-4H3/t44-,45-/m0/s1. The molecule has 0 bridgehead atoms. The molecule has 0 N–H and O–H groups in total. The van der Waals surface area contributed by atoms with Gasteiger partial charge in [-0.05, 0) is 47.9 Å². The SMILES string of the molecule is CCCCOC(=O)[C@@H]1Cc2ccccc2CN1C(=O)c1cc(OCCCC)c(OCCCOc2cc([N+](=O)[O-])c(C(=O)N3Cc4ccccc4C[C@H]3C(=O)OCCCC)cc2OCCCC)cc1[N+](=O)[O-]. The van der Waals surface area contributed by atoms with E-state index in [2.05, 4.69) is 0 Å². The van der Waals surface area contributed by atoms with Crippen LogP contribution in [0, 0.1) is 20.2 Å². The maximum absolute atomic E-state index is 14.5. The molecule has 18 heteroatoms. The number of carbonyl (C=O) groups excluding carboxylic acids is 4. The first-order valence-corrected chi connectivity index (χ1v) is 24.6. The lowest BCUT2D eigenvalue weighted by molar-refractivity contribution is -0.385. The van der Waals surface area contributed by atoms with E-state index in [1.165, 1.54) is 21.9 Å². The van der Waals surface area contributed by atoms with Gasteiger partial charge in [0, 0.05) is 44.5 Å². The van der Waals surface area contributed by atoms with Crippen LogP contribution in [0.1, 0.15) is 128 Å². The summed E-state index contributed by atoms with van der Waals surface area (Å²) in [4.78, 5) is 82.5. The van der Waals surface area contributed by atoms with Crippen LogP contribution in [0.2, 0.25) is 0 Å². The number of nitro groups is 2. The Morgan fingerprint density at radius 2 is 0.817 bits per heavy atom. The fourth-order valence-electron chi connectivity index (χ4n) is 8.30. The molecule has 2 amide bonds. The summed E-state index contributed by atoms with van der Waals surface area (Å²) in [6.45, 7) is 8.58. The average Bonchev–Trinajstić information content (AvgIpc) is 3.37. The molecule has 380 valence electrons. The largest absolute Gasteiger partial charge is 0.490 e. The molecule has 0 spiro atoms. The molecule has 0 aliphatic carbocycles. The molecule has 0 aromatic heterocycles. The van der Waals surface area contributed by atoms with Crippen molar-refractivity contribution < 1.29 is 57.4 Å². The van der Waals surface area contributed by atoms with Crippen molar-refractivity contribution in [1.82, 2.24) is 9.80 Å². The summed E-state index contributed by atoms with van der Waals surface area (Å²) in [6, 6.07) is 17.6. The molecule has 0 saturated carbocycles. The van der Waals surface area contributed by atoms with Crippen molar-refractivity contribution >= 4 is 35.1 Å². The highest BCUT2D eigenvalue weighted by Crippen LogP contribution is 2.39. The van der Waals surface area contributed by atoms with Crippen LogP contribution in [-0.4, -0.2) is 95.1 Å². The maximum atomic E-state index is 14.5. The van der Waals surface area contributed by atoms with Crippen molar-refractivity contribution in [2.75, 3.05) is 39.6 Å². The number of hydrogen-bond donors (Lipinski definition) is 0. The van der Waals surface area contributed by atoms with Gasteiger partial charge in [0.2, 0.25) is 0 Å². The summed E-state index contributed by atoms with van der Waals surface area (Å²) < 4.78 is 35.4. The van der Waals surface area contributed by atoms with Crippen LogP contribution in [0.3, 0.4) is 0 Å². The van der Waals surface area contributed by atoms with E-state index in [0.29, 0.717) is 25.7 Å². The third kappa shape index (κ3) is 13.6. The number of esters is 2. The molecule has 2 aliphatic rings. The first-order valence-electron chi connectivity index (χ1n) is 24.6. The highest BCUT2D eigenvalue weighted by molar-refractivity contribution is 6.02. The van der Waals surface area contributed by atoms with Gasteiger partial charge in [0.25, 0.3) is 23.2 Å². The van der Waals surface area contributed by atoms with E-state index >= 15 is 0 Å². The van der Waals surface area contributed by atoms with E-state index in [-0.39, 0.29) is 106 Å². The first-order chi connectivity index (χ1) is 34.4. The number of fused-ring (bicyclic) bond motifs is 2. The number of hydrogen-bond acceptors (Lipinski definition) is 14. The van der Waals surface area contributed by atoms with Gasteiger partial charge in [0.05, 0.1) is 61.6 Å². The minimum Gasteiger partial charge on any atom is -0.490 e. The lowest BCUT2D eigenvalue weighted by Crippen LogP contribution is -2.49. The number of rotatable bonds is 26. The fraction of sp³-hybridized carbons (Fsp3) is 0.472. The average molecular weight is 981 g/mol. The van der Waals surface area contributed by atoms with E-state index < -0.39 is 57.1 Å². The lowest BCUT2D eigenvalue weighted by atomic mass is 9.93. The van der Waals surface area contributed by atoms with Gasteiger partial charge in [-0.2, -0.15) is 0 Å². The van der Waals surface area contributed by atoms with Crippen LogP contribution < -0.4 is 18.9 Å². The van der Waals surface area contributed by atoms with Crippen molar-refractivity contribution in [3.8, 4) is 23.0 Å². The highest BCUT2D eigenvalue weighted by Gasteiger charge is 2.41. The lowest BCUT2D eigenvalue weighted by Gasteiger charge is -2.35. The molecule has 0 saturated heterocycles. The molecular formula is C53H64N4O14. The number of nitrogens with zero attached hydrogens (tertiary/aromatic N) is 4. The Bertz CT molecular complexity index is 2360. The van der Waals surface area contributed by atoms with E-state index in [9.17, 15) is 39.4 Å². The summed E-state index contributed by atoms with van der Waals surface area (Å²) in [7, 11) is 0. The summed E-state index contributed by atoms with van der Waals surface area (Å²) in [5, 5.41) is 25.4. The minimum absolute atomic E-state index is 0.00107. The summed E-state index contributed by atoms with van der Waals surface area (Å²) in [6.07, 6.45) is 6.23. The van der Waals surface area contributed by atoms with Crippen LogP contribution >= 0.6 is 0 Å². The van der Waals surface area contributed by atoms with Gasteiger partial charge in [-0.1, -0.05) is 102 Å². The van der Waals surface area contributed by atoms with Crippen molar-refractivity contribution in [2.24, 2.45) is 0 Å². The second-order valence-corrected chi connectivity index (χ2v) is 17.5. The number of amides is 2. The van der Waals surface area contributed by atoms with Crippen molar-refractivity contribution in [3.05, 3.63) is 126 Å². The van der Waals surface area contributed by atoms with Gasteiger partial charge < -0.3 is 38.2 Å². The predicted octanol–water partition coefficient (Wildman–Crippen LogP) is 9.53. The Hall–Kier alpha value is -7.24. The van der Waals surface area contributed by atoms with Crippen molar-refractivity contribution in [3.63, 3.8) is 0 Å². The second kappa shape index (κ2) is 26.1. The first kappa shape index (κ1) is 53.1. The van der Waals surface area contributed by atoms with Crippen LogP contribution in [0.4, 0.5) is 11.4 Å². The van der Waals surface area contributed by atoms with Gasteiger partial charge in [-0.3, -0.25) is 29.8 Å². The molecule has 2 atom stereocenters. The van der Waals surface area contributed by atoms with Gasteiger partial charge in [-0.15, -0.1) is 0 Å². The zero-order valence-corrected chi connectivity index (χ0v) is 41.0. The summed E-state index contributed by atoms with van der Waals surface area (Å²) >= 11 is 0. The Morgan fingerprint density at radius 3 is 1.17 bits per heavy atom. The third-order valence-corrected chi connectivity index (χ3v) is 12.3. The molecule has 0 unspecified atom stereocenters. The van der Waals surface area contributed by atoms with Crippen molar-refractivity contribution in [2.45, 2.75) is 123 Å². The van der Waals surface area contributed by atoms with E-state index in [1.54, 1.807) is 0 Å². The smallest absolute Gasteiger partial charge is 0.329 e. The number of unbranched alkanes of at least 4 members (excludes halogenated alkanes) is 4. The molecule has 4 aromatic carbocycles. The van der Waals surface area contributed by atoms with Crippen LogP contribution in [0.15, 0.2) is 72.8 Å². The van der Waals surface area contributed by atoms with E-state index in [1.807, 2.05) is 76.2 Å². The van der Waals surface area contributed by atoms with Crippen LogP contribution in [0.25, 0.3) is 0 Å². The van der Waals surface area contributed by atoms with Gasteiger partial charge in [0.1, 0.15) is 23.2 Å². The molecular weight excluding hydrogens is 917 g/mol. The quantitative estimate of drug-likeness (QED) is 0.0248. The van der Waals surface area contributed by atoms with Crippen LogP contribution in [-0.2, 0) is 45.0 Å². The number of nitro benzene ring substituents is 2. The maximum Gasteiger partial charge on any atom is 0.329 e. The normalized spacial score (nSPS) is 14.9. The molecule has 4 aromatic rings. The number of carbonyl (C=O) groups is 4. The number of ether oxygens (including phenoxy) is 6. The molecule has 0 radical (unpaired) electrons. The van der Waals surface area contributed by atoms with Gasteiger partial charge in [-0.25, -0.2) is 9.59 Å². The number of benzene rings is 4. The van der Waals surface area contributed by atoms with Crippen LogP contribution in [0.5, 0.6) is 23.0 Å². The summed E-state index contributed by atoms with van der Waals surface area (Å²) in [5.41, 5.74) is 1.70. The Balaban J connectivity index is 1.23. The predicted molar refractivity (Wildman–Crippen MR) is 262 cm³/mol. The minimum atomic E-state index is -1.02. The molecule has 0 fully saturated rings. The highest BCUT2D eigenvalue weighted by atomic mass is 16.6.